The first-order valence-corrected chi connectivity index (χ1v) is 14.2. The molecule has 1 amide bonds. The molecular weight excluding hydrogens is 428 g/mol. The number of amides is 1. The monoisotopic (exact) mass is 468 g/mol. The van der Waals surface area contributed by atoms with Crippen molar-refractivity contribution in [2.45, 2.75) is 90.9 Å². The van der Waals surface area contributed by atoms with Crippen LogP contribution in [0.4, 0.5) is 5.82 Å². The SMILES string of the molecule is CC[C@H](C)c1nc(N2CCN(C(=O)CCC3CCCC3)CC2)c2c3c(sc2n1)C[C@@H](C)CC3. The number of carbonyl (C=O) groups excluding carboxylic acids is 1. The van der Waals surface area contributed by atoms with Crippen LogP contribution in [-0.2, 0) is 17.6 Å². The van der Waals surface area contributed by atoms with E-state index in [1.165, 1.54) is 59.2 Å². The average Bonchev–Trinajstić information content (AvgIpc) is 3.48. The van der Waals surface area contributed by atoms with Crippen molar-refractivity contribution in [2.75, 3.05) is 31.1 Å². The summed E-state index contributed by atoms with van der Waals surface area (Å²) in [6.45, 7) is 10.2. The van der Waals surface area contributed by atoms with Crippen molar-refractivity contribution in [3.63, 3.8) is 0 Å². The van der Waals surface area contributed by atoms with Crippen LogP contribution < -0.4 is 4.90 Å². The zero-order chi connectivity index (χ0) is 22.9. The molecule has 2 aromatic heterocycles. The molecule has 3 aliphatic rings. The van der Waals surface area contributed by atoms with Gasteiger partial charge in [-0.2, -0.15) is 0 Å². The van der Waals surface area contributed by atoms with Crippen molar-refractivity contribution < 1.29 is 4.79 Å². The summed E-state index contributed by atoms with van der Waals surface area (Å²) in [5, 5.41) is 1.31. The molecule has 3 heterocycles. The Balaban J connectivity index is 1.35. The van der Waals surface area contributed by atoms with Gasteiger partial charge in [0.05, 0.1) is 5.39 Å². The van der Waals surface area contributed by atoms with E-state index in [1.807, 2.05) is 11.3 Å². The number of hydrogen-bond acceptors (Lipinski definition) is 5. The van der Waals surface area contributed by atoms with E-state index < -0.39 is 0 Å². The number of piperazine rings is 1. The third kappa shape index (κ3) is 4.78. The molecule has 2 fully saturated rings. The highest BCUT2D eigenvalue weighted by atomic mass is 32.1. The summed E-state index contributed by atoms with van der Waals surface area (Å²) in [6, 6.07) is 0. The van der Waals surface area contributed by atoms with Crippen LogP contribution in [-0.4, -0.2) is 47.0 Å². The van der Waals surface area contributed by atoms with Gasteiger partial charge in [-0.25, -0.2) is 9.97 Å². The van der Waals surface area contributed by atoms with E-state index in [1.54, 1.807) is 0 Å². The quantitative estimate of drug-likeness (QED) is 0.526. The Morgan fingerprint density at radius 3 is 2.61 bits per heavy atom. The van der Waals surface area contributed by atoms with Gasteiger partial charge < -0.3 is 9.80 Å². The van der Waals surface area contributed by atoms with Gasteiger partial charge in [-0.05, 0) is 49.5 Å². The fourth-order valence-electron chi connectivity index (χ4n) is 5.92. The van der Waals surface area contributed by atoms with E-state index >= 15 is 0 Å². The molecule has 0 N–H and O–H groups in total. The molecule has 33 heavy (non-hydrogen) atoms. The summed E-state index contributed by atoms with van der Waals surface area (Å²) in [5.74, 6) is 4.40. The van der Waals surface area contributed by atoms with Crippen molar-refractivity contribution in [3.05, 3.63) is 16.3 Å². The van der Waals surface area contributed by atoms with E-state index in [4.69, 9.17) is 9.97 Å². The van der Waals surface area contributed by atoms with Crippen LogP contribution in [0, 0.1) is 11.8 Å². The first kappa shape index (κ1) is 23.1. The smallest absolute Gasteiger partial charge is 0.222 e. The van der Waals surface area contributed by atoms with Crippen molar-refractivity contribution >= 4 is 33.3 Å². The zero-order valence-electron chi connectivity index (χ0n) is 20.7. The molecule has 0 bridgehead atoms. The first-order chi connectivity index (χ1) is 16.0. The Morgan fingerprint density at radius 2 is 1.88 bits per heavy atom. The first-order valence-electron chi connectivity index (χ1n) is 13.4. The number of aromatic nitrogens is 2. The molecule has 1 saturated carbocycles. The molecule has 2 aromatic rings. The maximum Gasteiger partial charge on any atom is 0.222 e. The number of rotatable bonds is 6. The molecule has 0 radical (unpaired) electrons. The van der Waals surface area contributed by atoms with E-state index in [9.17, 15) is 4.79 Å². The van der Waals surface area contributed by atoms with Crippen LogP contribution in [0.15, 0.2) is 0 Å². The van der Waals surface area contributed by atoms with E-state index in [-0.39, 0.29) is 0 Å². The van der Waals surface area contributed by atoms with Crippen LogP contribution in [0.25, 0.3) is 10.2 Å². The molecule has 0 unspecified atom stereocenters. The van der Waals surface area contributed by atoms with Crippen molar-refractivity contribution in [3.8, 4) is 0 Å². The Hall–Kier alpha value is -1.69. The maximum atomic E-state index is 12.9. The van der Waals surface area contributed by atoms with Crippen molar-refractivity contribution in [1.29, 1.82) is 0 Å². The number of hydrogen-bond donors (Lipinski definition) is 0. The molecule has 1 aliphatic heterocycles. The zero-order valence-corrected chi connectivity index (χ0v) is 21.6. The van der Waals surface area contributed by atoms with Gasteiger partial charge in [-0.3, -0.25) is 4.79 Å². The van der Waals surface area contributed by atoms with E-state index in [2.05, 4.69) is 30.6 Å². The number of aryl methyl sites for hydroxylation is 1. The highest BCUT2D eigenvalue weighted by Crippen LogP contribution is 2.42. The van der Waals surface area contributed by atoms with Crippen molar-refractivity contribution in [1.82, 2.24) is 14.9 Å². The highest BCUT2D eigenvalue weighted by Gasteiger charge is 2.29. The van der Waals surface area contributed by atoms with Gasteiger partial charge in [0.1, 0.15) is 16.5 Å². The average molecular weight is 469 g/mol. The highest BCUT2D eigenvalue weighted by molar-refractivity contribution is 7.19. The molecule has 6 heteroatoms. The number of carbonyl (C=O) groups is 1. The number of anilines is 1. The lowest BCUT2D eigenvalue weighted by Gasteiger charge is -2.36. The fraction of sp³-hybridized carbons (Fsp3) is 0.741. The summed E-state index contributed by atoms with van der Waals surface area (Å²) in [6.07, 6.45) is 11.8. The Morgan fingerprint density at radius 1 is 1.12 bits per heavy atom. The van der Waals surface area contributed by atoms with Crippen molar-refractivity contribution in [2.24, 2.45) is 11.8 Å². The maximum absolute atomic E-state index is 12.9. The summed E-state index contributed by atoms with van der Waals surface area (Å²) < 4.78 is 0. The third-order valence-corrected chi connectivity index (χ3v) is 9.53. The Bertz CT molecular complexity index is 988. The predicted molar refractivity (Wildman–Crippen MR) is 137 cm³/mol. The van der Waals surface area contributed by atoms with Gasteiger partial charge >= 0.3 is 0 Å². The summed E-state index contributed by atoms with van der Waals surface area (Å²) in [7, 11) is 0. The van der Waals surface area contributed by atoms with Crippen LogP contribution in [0.5, 0.6) is 0 Å². The second kappa shape index (κ2) is 9.89. The van der Waals surface area contributed by atoms with E-state index in [0.29, 0.717) is 11.8 Å². The minimum absolute atomic E-state index is 0.358. The molecular formula is C27H40N4OS. The normalized spacial score (nSPS) is 22.7. The molecule has 180 valence electrons. The van der Waals surface area contributed by atoms with Crippen LogP contribution >= 0.6 is 11.3 Å². The molecule has 5 nitrogen and oxygen atoms in total. The summed E-state index contributed by atoms with van der Waals surface area (Å²) in [5.41, 5.74) is 1.51. The van der Waals surface area contributed by atoms with Gasteiger partial charge in [0, 0.05) is 43.4 Å². The second-order valence-corrected chi connectivity index (χ2v) is 11.9. The summed E-state index contributed by atoms with van der Waals surface area (Å²) >= 11 is 1.91. The molecule has 1 saturated heterocycles. The third-order valence-electron chi connectivity index (χ3n) is 8.38. The molecule has 0 aromatic carbocycles. The number of fused-ring (bicyclic) bond motifs is 3. The van der Waals surface area contributed by atoms with Gasteiger partial charge in [-0.1, -0.05) is 46.5 Å². The lowest BCUT2D eigenvalue weighted by Crippen LogP contribution is -2.49. The fourth-order valence-corrected chi connectivity index (χ4v) is 7.31. The van der Waals surface area contributed by atoms with Gasteiger partial charge in [-0.15, -0.1) is 11.3 Å². The molecule has 5 rings (SSSR count). The summed E-state index contributed by atoms with van der Waals surface area (Å²) in [4.78, 5) is 30.3. The van der Waals surface area contributed by atoms with Gasteiger partial charge in [0.25, 0.3) is 0 Å². The Labute approximate surface area is 203 Å². The minimum Gasteiger partial charge on any atom is -0.352 e. The second-order valence-electron chi connectivity index (χ2n) is 10.8. The lowest BCUT2D eigenvalue weighted by molar-refractivity contribution is -0.131. The number of thiophene rings is 1. The van der Waals surface area contributed by atoms with Gasteiger partial charge in [0.15, 0.2) is 0 Å². The van der Waals surface area contributed by atoms with Crippen LogP contribution in [0.3, 0.4) is 0 Å². The largest absolute Gasteiger partial charge is 0.352 e. The number of nitrogens with zero attached hydrogens (tertiary/aromatic N) is 4. The molecule has 2 aliphatic carbocycles. The van der Waals surface area contributed by atoms with Crippen LogP contribution in [0.2, 0.25) is 0 Å². The standard InChI is InChI=1S/C27H40N4OS/c1-4-19(3)25-28-26(24-21-11-9-18(2)17-22(21)33-27(24)29-25)31-15-13-30(14-16-31)23(32)12-10-20-7-5-6-8-20/h18-20H,4-17H2,1-3H3/t18-,19-/m0/s1. The Kier molecular flexibility index (Phi) is 6.91. The molecule has 0 spiro atoms. The van der Waals surface area contributed by atoms with Crippen LogP contribution in [0.1, 0.15) is 94.3 Å². The topological polar surface area (TPSA) is 49.3 Å². The van der Waals surface area contributed by atoms with E-state index in [0.717, 1.165) is 75.3 Å². The predicted octanol–water partition coefficient (Wildman–Crippen LogP) is 5.95. The minimum atomic E-state index is 0.358. The molecule has 2 atom stereocenters. The van der Waals surface area contributed by atoms with Gasteiger partial charge in [0.2, 0.25) is 5.91 Å². The lowest BCUT2D eigenvalue weighted by atomic mass is 9.89.